The summed E-state index contributed by atoms with van der Waals surface area (Å²) in [7, 11) is 0.0911. The van der Waals surface area contributed by atoms with Crippen molar-refractivity contribution in [3.63, 3.8) is 0 Å². The van der Waals surface area contributed by atoms with Crippen molar-refractivity contribution in [2.75, 3.05) is 24.3 Å². The number of allylic oxidation sites excluding steroid dienone is 1. The molecule has 2 unspecified atom stereocenters. The summed E-state index contributed by atoms with van der Waals surface area (Å²) in [4.78, 5) is 16.1. The Morgan fingerprint density at radius 1 is 1.13 bits per heavy atom. The normalized spacial score (nSPS) is 26.4. The minimum Gasteiger partial charge on any atom is -0.380 e. The lowest BCUT2D eigenvalue weighted by molar-refractivity contribution is -0.119. The maximum absolute atomic E-state index is 15.6. The first kappa shape index (κ1) is 33.2. The first-order valence-electron chi connectivity index (χ1n) is 15.8. The molecule has 2 aliphatic heterocycles. The third-order valence-electron chi connectivity index (χ3n) is 9.29. The Morgan fingerprint density at radius 2 is 1.87 bits per heavy atom. The van der Waals surface area contributed by atoms with E-state index < -0.39 is 33.1 Å². The van der Waals surface area contributed by atoms with Crippen LogP contribution >= 0.6 is 11.6 Å². The number of fused-ring (bicyclic) bond motifs is 4. The molecule has 0 aromatic heterocycles. The fourth-order valence-electron chi connectivity index (χ4n) is 6.53. The lowest BCUT2D eigenvalue weighted by Gasteiger charge is -2.38. The standard InChI is InChI=1S/C36H39ClFN5O3S/c1-35(2,3)47(45)42-36(24-7-5-6-22(16-24)20-39)15-14-23-17-29(23)33(40-27-11-9-26(37)10-12-27)43-21-28(46-4)19-32(43)34(44)41-31-18-25(36)8-13-30(31)38/h5-13,16,18,23,28,32,40,42H,14-15,17,19,21H2,1-4H3,(H,41,44)/b33-29-/t23?,28-,32-,36?,47-/m0/s1. The molecule has 3 N–H and O–H groups in total. The Kier molecular flexibility index (Phi) is 9.20. The molecule has 1 saturated heterocycles. The number of nitrogens with one attached hydrogen (secondary N) is 3. The fourth-order valence-corrected chi connectivity index (χ4v) is 7.61. The monoisotopic (exact) mass is 675 g/mol. The predicted octanol–water partition coefficient (Wildman–Crippen LogP) is 6.81. The van der Waals surface area contributed by atoms with Crippen LogP contribution in [-0.2, 0) is 26.1 Å². The summed E-state index contributed by atoms with van der Waals surface area (Å²) >= 11 is 6.18. The van der Waals surface area contributed by atoms with Crippen molar-refractivity contribution >= 4 is 39.9 Å². The van der Waals surface area contributed by atoms with Crippen LogP contribution in [0.5, 0.6) is 0 Å². The minimum atomic E-state index is -1.55. The number of amides is 1. The van der Waals surface area contributed by atoms with Crippen molar-refractivity contribution in [2.45, 2.75) is 68.9 Å². The molecule has 2 bridgehead atoms. The average molecular weight is 676 g/mol. The minimum absolute atomic E-state index is 0.0294. The van der Waals surface area contributed by atoms with Crippen LogP contribution in [-0.4, -0.2) is 45.6 Å². The number of rotatable bonds is 6. The average Bonchev–Trinajstić information content (AvgIpc) is 3.69. The summed E-state index contributed by atoms with van der Waals surface area (Å²) < 4.78 is 38.0. The Labute approximate surface area is 282 Å². The van der Waals surface area contributed by atoms with Crippen LogP contribution in [0.4, 0.5) is 15.8 Å². The van der Waals surface area contributed by atoms with Gasteiger partial charge in [0.2, 0.25) is 5.91 Å². The van der Waals surface area contributed by atoms with E-state index in [1.807, 2.05) is 62.1 Å². The van der Waals surface area contributed by atoms with Gasteiger partial charge in [-0.25, -0.2) is 13.3 Å². The zero-order valence-electron chi connectivity index (χ0n) is 26.9. The number of methoxy groups -OCH3 is 1. The molecule has 0 radical (unpaired) electrons. The molecule has 3 aromatic rings. The Morgan fingerprint density at radius 3 is 2.57 bits per heavy atom. The lowest BCUT2D eigenvalue weighted by atomic mass is 9.78. The number of ether oxygens (including phenoxy) is 1. The molecule has 2 fully saturated rings. The van der Waals surface area contributed by atoms with Gasteiger partial charge in [0, 0.05) is 30.8 Å². The molecule has 6 rings (SSSR count). The van der Waals surface area contributed by atoms with Crippen LogP contribution < -0.4 is 15.4 Å². The van der Waals surface area contributed by atoms with E-state index in [-0.39, 0.29) is 23.6 Å². The molecular formula is C36H39ClFN5O3S. The Hall–Kier alpha value is -3.75. The van der Waals surface area contributed by atoms with Crippen molar-refractivity contribution in [3.8, 4) is 6.07 Å². The second kappa shape index (κ2) is 13.0. The fraction of sp³-hybridized carbons (Fsp3) is 0.389. The topological polar surface area (TPSA) is 106 Å². The number of nitrogens with zero attached hydrogens (tertiary/aromatic N) is 2. The zero-order chi connectivity index (χ0) is 33.5. The Balaban J connectivity index is 1.52. The number of halogens is 2. The second-order valence-electron chi connectivity index (χ2n) is 13.5. The summed E-state index contributed by atoms with van der Waals surface area (Å²) in [5.74, 6) is 0.0735. The summed E-state index contributed by atoms with van der Waals surface area (Å²) in [6.45, 7) is 6.16. The van der Waals surface area contributed by atoms with E-state index in [4.69, 9.17) is 16.3 Å². The highest BCUT2D eigenvalue weighted by Crippen LogP contribution is 2.49. The summed E-state index contributed by atoms with van der Waals surface area (Å²) in [5, 5.41) is 16.9. The van der Waals surface area contributed by atoms with Gasteiger partial charge in [0.05, 0.1) is 44.7 Å². The molecule has 8 nitrogen and oxygen atoms in total. The summed E-state index contributed by atoms with van der Waals surface area (Å²) in [5.41, 5.74) is 2.80. The van der Waals surface area contributed by atoms with Gasteiger partial charge in [-0.05, 0) is 111 Å². The van der Waals surface area contributed by atoms with Gasteiger partial charge in [0.1, 0.15) is 17.7 Å². The van der Waals surface area contributed by atoms with Crippen molar-refractivity contribution < 1.29 is 18.1 Å². The number of carbonyl (C=O) groups excluding carboxylic acids is 1. The van der Waals surface area contributed by atoms with Crippen molar-refractivity contribution in [1.29, 1.82) is 5.26 Å². The third kappa shape index (κ3) is 6.81. The van der Waals surface area contributed by atoms with Gasteiger partial charge in [0.25, 0.3) is 0 Å². The molecule has 11 heteroatoms. The van der Waals surface area contributed by atoms with Crippen LogP contribution in [0.3, 0.4) is 0 Å². The van der Waals surface area contributed by atoms with E-state index in [2.05, 4.69) is 21.4 Å². The highest BCUT2D eigenvalue weighted by Gasteiger charge is 2.46. The zero-order valence-corrected chi connectivity index (χ0v) is 28.5. The van der Waals surface area contributed by atoms with Gasteiger partial charge in [0.15, 0.2) is 0 Å². The van der Waals surface area contributed by atoms with E-state index >= 15 is 4.39 Å². The van der Waals surface area contributed by atoms with E-state index in [9.17, 15) is 14.3 Å². The van der Waals surface area contributed by atoms with Crippen molar-refractivity contribution in [3.05, 3.63) is 106 Å². The maximum atomic E-state index is 15.6. The molecule has 3 aliphatic rings. The largest absolute Gasteiger partial charge is 0.380 e. The molecule has 1 aliphatic carbocycles. The molecule has 2 heterocycles. The SMILES string of the molecule is CO[C@H]1C[C@H]2C(=O)Nc3cc(ccc3F)C(N[S@@](=O)C(C)(C)C)(c3cccc(C#N)c3)CCC3C/C3=C(\Nc3ccc(Cl)cc3)N2C1. The van der Waals surface area contributed by atoms with Gasteiger partial charge < -0.3 is 20.3 Å². The first-order valence-corrected chi connectivity index (χ1v) is 17.3. The highest BCUT2D eigenvalue weighted by atomic mass is 35.5. The van der Waals surface area contributed by atoms with Gasteiger partial charge >= 0.3 is 0 Å². The van der Waals surface area contributed by atoms with Crippen LogP contribution in [0.2, 0.25) is 5.02 Å². The van der Waals surface area contributed by atoms with Gasteiger partial charge in [-0.3, -0.25) is 4.79 Å². The van der Waals surface area contributed by atoms with Crippen LogP contribution in [0, 0.1) is 23.1 Å². The van der Waals surface area contributed by atoms with Crippen molar-refractivity contribution in [1.82, 2.24) is 9.62 Å². The van der Waals surface area contributed by atoms with Gasteiger partial charge in [-0.1, -0.05) is 29.8 Å². The number of anilines is 2. The molecule has 1 saturated carbocycles. The first-order chi connectivity index (χ1) is 22.4. The quantitative estimate of drug-likeness (QED) is 0.265. The molecule has 1 amide bonds. The van der Waals surface area contributed by atoms with Crippen LogP contribution in [0.25, 0.3) is 0 Å². The molecule has 3 aromatic carbocycles. The number of hydrogen-bond donors (Lipinski definition) is 3. The van der Waals surface area contributed by atoms with Gasteiger partial charge in [-0.2, -0.15) is 5.26 Å². The third-order valence-corrected chi connectivity index (χ3v) is 11.2. The summed E-state index contributed by atoms with van der Waals surface area (Å²) in [6.07, 6.45) is 2.25. The second-order valence-corrected chi connectivity index (χ2v) is 15.9. The summed E-state index contributed by atoms with van der Waals surface area (Å²) in [6, 6.07) is 20.9. The molecule has 0 spiro atoms. The number of hydrogen-bond acceptors (Lipinski definition) is 6. The van der Waals surface area contributed by atoms with E-state index in [1.165, 1.54) is 11.6 Å². The van der Waals surface area contributed by atoms with Crippen molar-refractivity contribution in [2.24, 2.45) is 5.92 Å². The van der Waals surface area contributed by atoms with E-state index in [0.29, 0.717) is 42.0 Å². The smallest absolute Gasteiger partial charge is 0.247 e. The van der Waals surface area contributed by atoms with Crippen LogP contribution in [0.15, 0.2) is 78.1 Å². The number of carbonyl (C=O) groups is 1. The molecule has 246 valence electrons. The highest BCUT2D eigenvalue weighted by molar-refractivity contribution is 7.84. The van der Waals surface area contributed by atoms with E-state index in [0.717, 1.165) is 23.5 Å². The number of benzene rings is 3. The molecule has 5 atom stereocenters. The van der Waals surface area contributed by atoms with E-state index in [1.54, 1.807) is 31.4 Å². The lowest BCUT2D eigenvalue weighted by Crippen LogP contribution is -2.49. The maximum Gasteiger partial charge on any atom is 0.247 e. The predicted molar refractivity (Wildman–Crippen MR) is 183 cm³/mol. The molecular weight excluding hydrogens is 637 g/mol. The Bertz CT molecular complexity index is 1790. The number of nitriles is 1. The molecule has 47 heavy (non-hydrogen) atoms. The van der Waals surface area contributed by atoms with Crippen LogP contribution in [0.1, 0.15) is 63.1 Å². The van der Waals surface area contributed by atoms with Gasteiger partial charge in [-0.15, -0.1) is 0 Å².